The average Bonchev–Trinajstić information content (AvgIpc) is 2.82. The van der Waals surface area contributed by atoms with Gasteiger partial charge in [-0.1, -0.05) is 30.3 Å². The Morgan fingerprint density at radius 2 is 1.58 bits per heavy atom. The van der Waals surface area contributed by atoms with Crippen LogP contribution in [-0.4, -0.2) is 77.0 Å². The van der Waals surface area contributed by atoms with Gasteiger partial charge in [0.15, 0.2) is 5.96 Å². The molecular formula is C22H33N7O7. The highest BCUT2D eigenvalue weighted by Gasteiger charge is 2.27. The molecule has 0 aliphatic carbocycles. The summed E-state index contributed by atoms with van der Waals surface area (Å²) in [5.41, 5.74) is 16.9. The number of carboxylic acid groups (broad SMARTS) is 2. The van der Waals surface area contributed by atoms with E-state index in [4.69, 9.17) is 22.3 Å². The molecule has 0 bridgehead atoms. The standard InChI is InChI=1S/C22H33N7O7/c23-14(8-9-18(31)32)19(33)27-12-17(30)28-15(7-4-10-26-22(24)25)20(34)29-16(21(35)36)11-13-5-2-1-3-6-13/h1-3,5-6,14-16H,4,7-12,23H2,(H,27,33)(H,28,30)(H,29,34)(H,31,32)(H,35,36)(H4,24,25,26). The monoisotopic (exact) mass is 507 g/mol. The van der Waals surface area contributed by atoms with Gasteiger partial charge in [0.2, 0.25) is 17.7 Å². The summed E-state index contributed by atoms with van der Waals surface area (Å²) in [4.78, 5) is 63.3. The van der Waals surface area contributed by atoms with E-state index >= 15 is 0 Å². The number of aliphatic imine (C=N–C) groups is 1. The maximum atomic E-state index is 12.9. The number of rotatable bonds is 16. The molecule has 1 rings (SSSR count). The molecule has 0 aliphatic rings. The Kier molecular flexibility index (Phi) is 13.0. The summed E-state index contributed by atoms with van der Waals surface area (Å²) in [6.07, 6.45) is -0.0266. The third kappa shape index (κ3) is 12.3. The second-order valence-electron chi connectivity index (χ2n) is 7.91. The van der Waals surface area contributed by atoms with Gasteiger partial charge in [-0.3, -0.25) is 24.2 Å². The van der Waals surface area contributed by atoms with Gasteiger partial charge in [0.25, 0.3) is 0 Å². The molecule has 14 heteroatoms. The maximum absolute atomic E-state index is 12.9. The third-order valence-electron chi connectivity index (χ3n) is 4.92. The molecule has 11 N–H and O–H groups in total. The van der Waals surface area contributed by atoms with Crippen LogP contribution >= 0.6 is 0 Å². The second kappa shape index (κ2) is 15.7. The molecule has 1 aromatic carbocycles. The number of nitrogens with one attached hydrogen (secondary N) is 3. The molecule has 0 spiro atoms. The van der Waals surface area contributed by atoms with Crippen molar-refractivity contribution < 1.29 is 34.2 Å². The summed E-state index contributed by atoms with van der Waals surface area (Å²) in [6, 6.07) is 5.20. The van der Waals surface area contributed by atoms with Crippen molar-refractivity contribution in [3.63, 3.8) is 0 Å². The van der Waals surface area contributed by atoms with Crippen LogP contribution in [-0.2, 0) is 30.4 Å². The zero-order valence-electron chi connectivity index (χ0n) is 19.7. The van der Waals surface area contributed by atoms with Gasteiger partial charge in [0.05, 0.1) is 12.6 Å². The lowest BCUT2D eigenvalue weighted by atomic mass is 10.0. The number of carbonyl (C=O) groups excluding carboxylic acids is 3. The number of nitrogens with two attached hydrogens (primary N) is 3. The van der Waals surface area contributed by atoms with Gasteiger partial charge in [-0.2, -0.15) is 0 Å². The van der Waals surface area contributed by atoms with Crippen LogP contribution in [0.25, 0.3) is 0 Å². The van der Waals surface area contributed by atoms with Crippen molar-refractivity contribution in [3.05, 3.63) is 35.9 Å². The van der Waals surface area contributed by atoms with E-state index in [0.717, 1.165) is 0 Å². The molecule has 0 aromatic heterocycles. The van der Waals surface area contributed by atoms with Crippen molar-refractivity contribution in [3.8, 4) is 0 Å². The third-order valence-corrected chi connectivity index (χ3v) is 4.92. The molecule has 3 amide bonds. The number of aliphatic carboxylic acids is 2. The first-order valence-electron chi connectivity index (χ1n) is 11.2. The predicted molar refractivity (Wildman–Crippen MR) is 129 cm³/mol. The fourth-order valence-electron chi connectivity index (χ4n) is 3.05. The van der Waals surface area contributed by atoms with E-state index in [1.54, 1.807) is 30.3 Å². The van der Waals surface area contributed by atoms with Gasteiger partial charge < -0.3 is 43.4 Å². The van der Waals surface area contributed by atoms with E-state index in [1.807, 2.05) is 0 Å². The normalized spacial score (nSPS) is 12.9. The van der Waals surface area contributed by atoms with Crippen LogP contribution in [0.1, 0.15) is 31.2 Å². The highest BCUT2D eigenvalue weighted by molar-refractivity contribution is 5.92. The number of carboxylic acids is 2. The maximum Gasteiger partial charge on any atom is 0.326 e. The zero-order chi connectivity index (χ0) is 27.1. The smallest absolute Gasteiger partial charge is 0.326 e. The quantitative estimate of drug-likeness (QED) is 0.0671. The van der Waals surface area contributed by atoms with Crippen LogP contribution in [0, 0.1) is 0 Å². The zero-order valence-corrected chi connectivity index (χ0v) is 19.7. The van der Waals surface area contributed by atoms with Gasteiger partial charge >= 0.3 is 11.9 Å². The lowest BCUT2D eigenvalue weighted by Gasteiger charge is -2.22. The molecule has 0 aliphatic heterocycles. The van der Waals surface area contributed by atoms with Crippen LogP contribution in [0.15, 0.2) is 35.3 Å². The average molecular weight is 508 g/mol. The van der Waals surface area contributed by atoms with Crippen molar-refractivity contribution in [2.24, 2.45) is 22.2 Å². The second-order valence-corrected chi connectivity index (χ2v) is 7.91. The van der Waals surface area contributed by atoms with Crippen molar-refractivity contribution in [2.45, 2.75) is 50.2 Å². The number of amides is 3. The van der Waals surface area contributed by atoms with Gasteiger partial charge in [-0.15, -0.1) is 0 Å². The highest BCUT2D eigenvalue weighted by Crippen LogP contribution is 2.06. The minimum Gasteiger partial charge on any atom is -0.481 e. The van der Waals surface area contributed by atoms with Crippen LogP contribution in [0.2, 0.25) is 0 Å². The van der Waals surface area contributed by atoms with E-state index < -0.39 is 54.3 Å². The van der Waals surface area contributed by atoms with E-state index in [-0.39, 0.29) is 38.2 Å². The molecule has 3 atom stereocenters. The fraction of sp³-hybridized carbons (Fsp3) is 0.455. The molecule has 0 radical (unpaired) electrons. The number of guanidine groups is 1. The van der Waals surface area contributed by atoms with Crippen LogP contribution in [0.5, 0.6) is 0 Å². The lowest BCUT2D eigenvalue weighted by Crippen LogP contribution is -2.54. The van der Waals surface area contributed by atoms with E-state index in [2.05, 4.69) is 20.9 Å². The molecule has 198 valence electrons. The van der Waals surface area contributed by atoms with Gasteiger partial charge in [0, 0.05) is 19.4 Å². The minimum absolute atomic E-state index is 0.0286. The van der Waals surface area contributed by atoms with Crippen LogP contribution in [0.3, 0.4) is 0 Å². The van der Waals surface area contributed by atoms with Gasteiger partial charge in [0.1, 0.15) is 12.1 Å². The fourth-order valence-corrected chi connectivity index (χ4v) is 3.05. The van der Waals surface area contributed by atoms with Crippen molar-refractivity contribution in [1.82, 2.24) is 16.0 Å². The molecule has 0 saturated carbocycles. The number of benzene rings is 1. The summed E-state index contributed by atoms with van der Waals surface area (Å²) >= 11 is 0. The molecule has 14 nitrogen and oxygen atoms in total. The number of hydrogen-bond acceptors (Lipinski definition) is 7. The molecule has 36 heavy (non-hydrogen) atoms. The molecule has 3 unspecified atom stereocenters. The first-order chi connectivity index (χ1) is 17.0. The van der Waals surface area contributed by atoms with E-state index in [1.165, 1.54) is 0 Å². The Labute approximate surface area is 207 Å². The molecule has 1 aromatic rings. The summed E-state index contributed by atoms with van der Waals surface area (Å²) in [6.45, 7) is -0.354. The number of hydrogen-bond donors (Lipinski definition) is 8. The predicted octanol–water partition coefficient (Wildman–Crippen LogP) is -2.35. The topological polar surface area (TPSA) is 252 Å². The first-order valence-corrected chi connectivity index (χ1v) is 11.2. The number of nitrogens with zero attached hydrogens (tertiary/aromatic N) is 1. The van der Waals surface area contributed by atoms with Gasteiger partial charge in [-0.25, -0.2) is 4.79 Å². The first kappa shape index (κ1) is 29.8. The van der Waals surface area contributed by atoms with Crippen molar-refractivity contribution >= 4 is 35.6 Å². The largest absolute Gasteiger partial charge is 0.481 e. The minimum atomic E-state index is -1.25. The molecule has 0 saturated heterocycles. The highest BCUT2D eigenvalue weighted by atomic mass is 16.4. The Hall–Kier alpha value is -4.20. The van der Waals surface area contributed by atoms with Gasteiger partial charge in [-0.05, 0) is 24.8 Å². The summed E-state index contributed by atoms with van der Waals surface area (Å²) < 4.78 is 0. The Balaban J connectivity index is 2.78. The van der Waals surface area contributed by atoms with E-state index in [0.29, 0.717) is 12.0 Å². The summed E-state index contributed by atoms with van der Waals surface area (Å²) in [5.74, 6) is -4.70. The number of carbonyl (C=O) groups is 5. The Morgan fingerprint density at radius 1 is 0.917 bits per heavy atom. The SMILES string of the molecule is NC(N)=NCCCC(NC(=O)CNC(=O)C(N)CCC(=O)O)C(=O)NC(Cc1ccccc1)C(=O)O. The summed E-state index contributed by atoms with van der Waals surface area (Å²) in [7, 11) is 0. The molecule has 0 fully saturated rings. The van der Waals surface area contributed by atoms with Crippen molar-refractivity contribution in [2.75, 3.05) is 13.1 Å². The lowest BCUT2D eigenvalue weighted by molar-refractivity contribution is -0.142. The Bertz CT molecular complexity index is 936. The van der Waals surface area contributed by atoms with Crippen molar-refractivity contribution in [1.29, 1.82) is 0 Å². The summed E-state index contributed by atoms with van der Waals surface area (Å²) in [5, 5.41) is 25.4. The van der Waals surface area contributed by atoms with Crippen LogP contribution in [0.4, 0.5) is 0 Å². The Morgan fingerprint density at radius 3 is 2.17 bits per heavy atom. The molecular weight excluding hydrogens is 474 g/mol. The van der Waals surface area contributed by atoms with Crippen LogP contribution < -0.4 is 33.2 Å². The molecule has 0 heterocycles. The van der Waals surface area contributed by atoms with E-state index in [9.17, 15) is 29.1 Å².